The topological polar surface area (TPSA) is 60.2 Å². The molecule has 2 unspecified atom stereocenters. The van der Waals surface area contributed by atoms with E-state index in [0.29, 0.717) is 19.5 Å². The zero-order chi connectivity index (χ0) is 17.6. The van der Waals surface area contributed by atoms with Gasteiger partial charge in [-0.05, 0) is 32.8 Å². The Labute approximate surface area is 145 Å². The zero-order valence-electron chi connectivity index (χ0n) is 14.4. The second-order valence-electron chi connectivity index (χ2n) is 6.77. The quantitative estimate of drug-likeness (QED) is 0.838. The number of aromatic nitrogens is 3. The zero-order valence-corrected chi connectivity index (χ0v) is 14.4. The number of carbonyl (C=O) groups excluding carboxylic acids is 1. The van der Waals surface area contributed by atoms with Crippen molar-refractivity contribution in [1.82, 2.24) is 19.7 Å². The lowest BCUT2D eigenvalue weighted by Crippen LogP contribution is -2.47. The van der Waals surface area contributed by atoms with E-state index in [4.69, 9.17) is 4.74 Å². The third kappa shape index (κ3) is 2.88. The molecule has 0 saturated carbocycles. The molecule has 1 aromatic heterocycles. The standard InChI is InChI=1S/C18H21FN4O2/c1-11-20-12(2)23(21-11)14-6-4-8-22(10-14)18(24)16-9-13-5-3-7-15(19)17(13)25-16/h3,5,7,14,16H,4,6,8-10H2,1-2H3. The van der Waals surface area contributed by atoms with Crippen LogP contribution >= 0.6 is 0 Å². The number of benzene rings is 1. The first-order valence-electron chi connectivity index (χ1n) is 8.65. The Kier molecular flexibility index (Phi) is 3.94. The summed E-state index contributed by atoms with van der Waals surface area (Å²) in [5.74, 6) is 1.35. The number of hydrogen-bond acceptors (Lipinski definition) is 4. The number of fused-ring (bicyclic) bond motifs is 1. The van der Waals surface area contributed by atoms with Crippen LogP contribution in [0.3, 0.4) is 0 Å². The Morgan fingerprint density at radius 3 is 2.92 bits per heavy atom. The van der Waals surface area contributed by atoms with Crippen LogP contribution in [0.15, 0.2) is 18.2 Å². The van der Waals surface area contributed by atoms with Crippen LogP contribution in [0.4, 0.5) is 4.39 Å². The summed E-state index contributed by atoms with van der Waals surface area (Å²) in [6.45, 7) is 5.08. The van der Waals surface area contributed by atoms with E-state index < -0.39 is 11.9 Å². The van der Waals surface area contributed by atoms with E-state index >= 15 is 0 Å². The normalized spacial score (nSPS) is 22.6. The number of halogens is 1. The van der Waals surface area contributed by atoms with E-state index in [2.05, 4.69) is 10.1 Å². The number of ether oxygens (including phenoxy) is 1. The molecule has 0 bridgehead atoms. The average molecular weight is 344 g/mol. The van der Waals surface area contributed by atoms with E-state index in [1.807, 2.05) is 29.5 Å². The van der Waals surface area contributed by atoms with Crippen molar-refractivity contribution >= 4 is 5.91 Å². The highest BCUT2D eigenvalue weighted by atomic mass is 19.1. The summed E-state index contributed by atoms with van der Waals surface area (Å²) in [7, 11) is 0. The summed E-state index contributed by atoms with van der Waals surface area (Å²) in [6, 6.07) is 4.95. The number of rotatable bonds is 2. The van der Waals surface area contributed by atoms with Gasteiger partial charge in [0.25, 0.3) is 5.91 Å². The van der Waals surface area contributed by atoms with Gasteiger partial charge in [-0.2, -0.15) is 5.10 Å². The van der Waals surface area contributed by atoms with Crippen molar-refractivity contribution in [1.29, 1.82) is 0 Å². The second kappa shape index (κ2) is 6.13. The molecule has 1 amide bonds. The monoisotopic (exact) mass is 344 g/mol. The Balaban J connectivity index is 1.48. The van der Waals surface area contributed by atoms with Crippen LogP contribution in [0.5, 0.6) is 5.75 Å². The summed E-state index contributed by atoms with van der Waals surface area (Å²) in [4.78, 5) is 19.1. The highest BCUT2D eigenvalue weighted by Crippen LogP contribution is 2.33. The minimum atomic E-state index is -0.635. The van der Waals surface area contributed by atoms with E-state index in [1.54, 1.807) is 6.07 Å². The molecule has 25 heavy (non-hydrogen) atoms. The van der Waals surface area contributed by atoms with Crippen molar-refractivity contribution in [3.05, 3.63) is 41.2 Å². The fourth-order valence-electron chi connectivity index (χ4n) is 3.81. The van der Waals surface area contributed by atoms with Crippen molar-refractivity contribution in [2.24, 2.45) is 0 Å². The van der Waals surface area contributed by atoms with Gasteiger partial charge in [-0.1, -0.05) is 12.1 Å². The Morgan fingerprint density at radius 1 is 1.36 bits per heavy atom. The fraction of sp³-hybridized carbons (Fsp3) is 0.500. The van der Waals surface area contributed by atoms with Gasteiger partial charge in [-0.15, -0.1) is 0 Å². The number of likely N-dealkylation sites (tertiary alicyclic amines) is 1. The van der Waals surface area contributed by atoms with Crippen LogP contribution < -0.4 is 4.74 Å². The number of nitrogens with zero attached hydrogens (tertiary/aromatic N) is 4. The van der Waals surface area contributed by atoms with Crippen molar-refractivity contribution in [3.8, 4) is 5.75 Å². The molecule has 1 aromatic carbocycles. The number of hydrogen-bond donors (Lipinski definition) is 0. The molecule has 4 rings (SSSR count). The summed E-state index contributed by atoms with van der Waals surface area (Å²) in [5, 5.41) is 4.46. The van der Waals surface area contributed by atoms with Crippen LogP contribution in [0.1, 0.15) is 36.1 Å². The largest absolute Gasteiger partial charge is 0.477 e. The van der Waals surface area contributed by atoms with Crippen LogP contribution in [-0.2, 0) is 11.2 Å². The second-order valence-corrected chi connectivity index (χ2v) is 6.77. The minimum absolute atomic E-state index is 0.0743. The molecule has 0 aliphatic carbocycles. The van der Waals surface area contributed by atoms with Crippen molar-refractivity contribution in [2.75, 3.05) is 13.1 Å². The van der Waals surface area contributed by atoms with Crippen LogP contribution in [0.25, 0.3) is 0 Å². The predicted molar refractivity (Wildman–Crippen MR) is 88.9 cm³/mol. The van der Waals surface area contributed by atoms with Crippen molar-refractivity contribution in [2.45, 2.75) is 45.3 Å². The SMILES string of the molecule is Cc1nc(C)n(C2CCCN(C(=O)C3Cc4cccc(F)c4O3)C2)n1. The van der Waals surface area contributed by atoms with Gasteiger partial charge in [0, 0.05) is 25.1 Å². The summed E-state index contributed by atoms with van der Waals surface area (Å²) in [5.41, 5.74) is 0.759. The van der Waals surface area contributed by atoms with Gasteiger partial charge < -0.3 is 9.64 Å². The van der Waals surface area contributed by atoms with Gasteiger partial charge in [0.05, 0.1) is 6.04 Å². The Bertz CT molecular complexity index is 819. The van der Waals surface area contributed by atoms with Crippen molar-refractivity contribution < 1.29 is 13.9 Å². The van der Waals surface area contributed by atoms with E-state index in [0.717, 1.165) is 30.1 Å². The third-order valence-corrected chi connectivity index (χ3v) is 4.95. The molecule has 0 spiro atoms. The van der Waals surface area contributed by atoms with Gasteiger partial charge in [0.1, 0.15) is 11.6 Å². The number of aryl methyl sites for hydroxylation is 2. The van der Waals surface area contributed by atoms with Crippen LogP contribution in [-0.4, -0.2) is 44.8 Å². The van der Waals surface area contributed by atoms with Gasteiger partial charge in [-0.3, -0.25) is 4.79 Å². The first-order valence-corrected chi connectivity index (χ1v) is 8.65. The summed E-state index contributed by atoms with van der Waals surface area (Å²) >= 11 is 0. The van der Waals surface area contributed by atoms with E-state index in [9.17, 15) is 9.18 Å². The molecular formula is C18H21FN4O2. The lowest BCUT2D eigenvalue weighted by Gasteiger charge is -2.34. The first-order chi connectivity index (χ1) is 12.0. The smallest absolute Gasteiger partial charge is 0.264 e. The molecule has 2 aromatic rings. The fourth-order valence-corrected chi connectivity index (χ4v) is 3.81. The number of piperidine rings is 1. The third-order valence-electron chi connectivity index (χ3n) is 4.95. The lowest BCUT2D eigenvalue weighted by atomic mass is 10.0. The maximum atomic E-state index is 13.8. The molecule has 0 radical (unpaired) electrons. The van der Waals surface area contributed by atoms with E-state index in [-0.39, 0.29) is 17.7 Å². The molecule has 7 heteroatoms. The van der Waals surface area contributed by atoms with Crippen LogP contribution in [0.2, 0.25) is 0 Å². The number of amides is 1. The van der Waals surface area contributed by atoms with Gasteiger partial charge in [-0.25, -0.2) is 14.1 Å². The van der Waals surface area contributed by atoms with Gasteiger partial charge in [0.2, 0.25) is 0 Å². The first kappa shape index (κ1) is 16.1. The maximum Gasteiger partial charge on any atom is 0.264 e. The number of carbonyl (C=O) groups is 1. The summed E-state index contributed by atoms with van der Waals surface area (Å²) < 4.78 is 21.4. The van der Waals surface area contributed by atoms with Gasteiger partial charge >= 0.3 is 0 Å². The van der Waals surface area contributed by atoms with Crippen LogP contribution in [0, 0.1) is 19.7 Å². The molecular weight excluding hydrogens is 323 g/mol. The highest BCUT2D eigenvalue weighted by Gasteiger charge is 2.36. The van der Waals surface area contributed by atoms with Crippen molar-refractivity contribution in [3.63, 3.8) is 0 Å². The molecule has 3 heterocycles. The minimum Gasteiger partial charge on any atom is -0.477 e. The lowest BCUT2D eigenvalue weighted by molar-refractivity contribution is -0.139. The average Bonchev–Trinajstić information content (AvgIpc) is 3.18. The van der Waals surface area contributed by atoms with E-state index in [1.165, 1.54) is 6.07 Å². The predicted octanol–water partition coefficient (Wildman–Crippen LogP) is 2.20. The number of para-hydroxylation sites is 1. The Morgan fingerprint density at radius 2 is 2.20 bits per heavy atom. The molecule has 0 N–H and O–H groups in total. The van der Waals surface area contributed by atoms with Gasteiger partial charge in [0.15, 0.2) is 17.7 Å². The molecule has 6 nitrogen and oxygen atoms in total. The molecule has 132 valence electrons. The molecule has 2 atom stereocenters. The molecule has 2 aliphatic rings. The molecule has 2 aliphatic heterocycles. The highest BCUT2D eigenvalue weighted by molar-refractivity contribution is 5.82. The maximum absolute atomic E-state index is 13.8. The molecule has 1 fully saturated rings. The molecule has 1 saturated heterocycles. The summed E-state index contributed by atoms with van der Waals surface area (Å²) in [6.07, 6.45) is 1.66. The Hall–Kier alpha value is -2.44.